The topological polar surface area (TPSA) is 12.9 Å². The van der Waals surface area contributed by atoms with E-state index in [2.05, 4.69) is 4.98 Å². The molecule has 0 saturated heterocycles. The monoisotopic (exact) mass is 289 g/mol. The van der Waals surface area contributed by atoms with Gasteiger partial charge in [-0.15, -0.1) is 22.9 Å². The van der Waals surface area contributed by atoms with Crippen LogP contribution in [0.15, 0.2) is 23.6 Å². The molecule has 0 N–H and O–H groups in total. The van der Waals surface area contributed by atoms with Crippen molar-refractivity contribution in [3.8, 4) is 0 Å². The van der Waals surface area contributed by atoms with Crippen LogP contribution in [0.3, 0.4) is 0 Å². The van der Waals surface area contributed by atoms with Crippen LogP contribution < -0.4 is 0 Å². The van der Waals surface area contributed by atoms with Gasteiger partial charge in [-0.1, -0.05) is 17.7 Å². The van der Waals surface area contributed by atoms with Gasteiger partial charge in [0.05, 0.1) is 16.1 Å². The smallest absolute Gasteiger partial charge is 0.127 e. The largest absolute Gasteiger partial charge is 0.245 e. The summed E-state index contributed by atoms with van der Waals surface area (Å²) in [5.41, 5.74) is 1.22. The lowest BCUT2D eigenvalue weighted by atomic mass is 10.1. The van der Waals surface area contributed by atoms with E-state index in [1.165, 1.54) is 17.4 Å². The van der Waals surface area contributed by atoms with Crippen molar-refractivity contribution in [1.82, 2.24) is 4.98 Å². The lowest BCUT2D eigenvalue weighted by Gasteiger charge is -2.09. The molecule has 0 saturated carbocycles. The fraction of sp³-hybridized carbons (Fsp3) is 0.250. The maximum absolute atomic E-state index is 13.6. The summed E-state index contributed by atoms with van der Waals surface area (Å²) in [6.45, 7) is 1.91. The number of hydrogen-bond acceptors (Lipinski definition) is 2. The zero-order chi connectivity index (χ0) is 12.4. The van der Waals surface area contributed by atoms with E-state index < -0.39 is 0 Å². The number of halogens is 3. The highest BCUT2D eigenvalue weighted by atomic mass is 35.5. The van der Waals surface area contributed by atoms with E-state index >= 15 is 0 Å². The molecule has 0 spiro atoms. The first-order valence-corrected chi connectivity index (χ1v) is 6.76. The minimum Gasteiger partial charge on any atom is -0.245 e. The van der Waals surface area contributed by atoms with Gasteiger partial charge in [0, 0.05) is 16.0 Å². The molecule has 0 aliphatic rings. The lowest BCUT2D eigenvalue weighted by Crippen LogP contribution is -2.00. The van der Waals surface area contributed by atoms with Crippen LogP contribution in [0.2, 0.25) is 5.02 Å². The lowest BCUT2D eigenvalue weighted by molar-refractivity contribution is 0.607. The van der Waals surface area contributed by atoms with Crippen molar-refractivity contribution >= 4 is 34.5 Å². The molecule has 0 radical (unpaired) electrons. The van der Waals surface area contributed by atoms with E-state index in [9.17, 15) is 4.39 Å². The Morgan fingerprint density at radius 2 is 2.24 bits per heavy atom. The van der Waals surface area contributed by atoms with E-state index in [4.69, 9.17) is 23.2 Å². The molecule has 0 amide bonds. The van der Waals surface area contributed by atoms with Crippen LogP contribution in [-0.4, -0.2) is 4.98 Å². The molecule has 1 atom stereocenters. The van der Waals surface area contributed by atoms with Gasteiger partial charge >= 0.3 is 0 Å². The van der Waals surface area contributed by atoms with E-state index in [1.54, 1.807) is 12.1 Å². The number of rotatable bonds is 3. The van der Waals surface area contributed by atoms with Gasteiger partial charge in [-0.3, -0.25) is 0 Å². The van der Waals surface area contributed by atoms with Crippen LogP contribution in [0.4, 0.5) is 4.39 Å². The van der Waals surface area contributed by atoms with Gasteiger partial charge in [0.2, 0.25) is 0 Å². The Kier molecular flexibility index (Phi) is 4.02. The molecular formula is C12H10Cl2FNS. The quantitative estimate of drug-likeness (QED) is 0.742. The third-order valence-corrected chi connectivity index (χ3v) is 3.93. The van der Waals surface area contributed by atoms with Gasteiger partial charge in [0.15, 0.2) is 0 Å². The van der Waals surface area contributed by atoms with Crippen LogP contribution in [-0.2, 0) is 6.42 Å². The Morgan fingerprint density at radius 1 is 1.47 bits per heavy atom. The Hall–Kier alpha value is -0.640. The zero-order valence-electron chi connectivity index (χ0n) is 9.08. The average Bonchev–Trinajstić information content (AvgIpc) is 2.70. The highest BCUT2D eigenvalue weighted by Gasteiger charge is 2.16. The van der Waals surface area contributed by atoms with Crippen LogP contribution >= 0.6 is 34.5 Å². The van der Waals surface area contributed by atoms with Gasteiger partial charge < -0.3 is 0 Å². The van der Waals surface area contributed by atoms with E-state index in [0.29, 0.717) is 17.0 Å². The Balaban J connectivity index is 2.21. The molecule has 1 aromatic carbocycles. The number of thiazole rings is 1. The average molecular weight is 290 g/mol. The molecule has 1 heterocycles. The van der Waals surface area contributed by atoms with Crippen molar-refractivity contribution < 1.29 is 4.39 Å². The zero-order valence-corrected chi connectivity index (χ0v) is 11.4. The number of nitrogens with zero attached hydrogens (tertiary/aromatic N) is 1. The molecule has 0 bridgehead atoms. The molecule has 0 aliphatic heterocycles. The summed E-state index contributed by atoms with van der Waals surface area (Å²) in [7, 11) is 0. The number of hydrogen-bond donors (Lipinski definition) is 0. The number of aryl methyl sites for hydroxylation is 1. The standard InChI is InChI=1S/C12H10Cl2FNS/c1-7-16-12(6-17-7)10(14)5-8-9(13)3-2-4-11(8)15/h2-4,6,10H,5H2,1H3. The normalized spacial score (nSPS) is 12.7. The van der Waals surface area contributed by atoms with Crippen molar-refractivity contribution in [3.05, 3.63) is 50.7 Å². The molecule has 1 unspecified atom stereocenters. The van der Waals surface area contributed by atoms with Crippen molar-refractivity contribution in [3.63, 3.8) is 0 Å². The second-order valence-corrected chi connectivity index (χ2v) is 5.66. The van der Waals surface area contributed by atoms with Gasteiger partial charge in [-0.25, -0.2) is 9.37 Å². The Morgan fingerprint density at radius 3 is 2.82 bits per heavy atom. The summed E-state index contributed by atoms with van der Waals surface area (Å²) >= 11 is 13.7. The molecule has 0 fully saturated rings. The molecule has 2 aromatic rings. The van der Waals surface area contributed by atoms with Crippen LogP contribution in [0.1, 0.15) is 21.6 Å². The van der Waals surface area contributed by atoms with Gasteiger partial charge in [0.25, 0.3) is 0 Å². The third-order valence-electron chi connectivity index (χ3n) is 2.40. The van der Waals surface area contributed by atoms with Gasteiger partial charge in [0.1, 0.15) is 5.82 Å². The number of aromatic nitrogens is 1. The van der Waals surface area contributed by atoms with Gasteiger partial charge in [-0.05, 0) is 25.5 Å². The highest BCUT2D eigenvalue weighted by Crippen LogP contribution is 2.30. The van der Waals surface area contributed by atoms with Crippen molar-refractivity contribution in [2.45, 2.75) is 18.7 Å². The van der Waals surface area contributed by atoms with Gasteiger partial charge in [-0.2, -0.15) is 0 Å². The van der Waals surface area contributed by atoms with E-state index in [0.717, 1.165) is 10.7 Å². The minimum atomic E-state index is -0.352. The predicted octanol–water partition coefficient (Wildman–Crippen LogP) is 4.77. The summed E-state index contributed by atoms with van der Waals surface area (Å²) in [5.74, 6) is -0.324. The molecule has 0 aliphatic carbocycles. The van der Waals surface area contributed by atoms with Crippen molar-refractivity contribution in [1.29, 1.82) is 0 Å². The highest BCUT2D eigenvalue weighted by molar-refractivity contribution is 7.09. The summed E-state index contributed by atoms with van der Waals surface area (Å²) in [5, 5.41) is 2.89. The molecule has 17 heavy (non-hydrogen) atoms. The molecule has 1 aromatic heterocycles. The van der Waals surface area contributed by atoms with E-state index in [-0.39, 0.29) is 11.2 Å². The third kappa shape index (κ3) is 2.97. The summed E-state index contributed by atoms with van der Waals surface area (Å²) in [4.78, 5) is 4.29. The fourth-order valence-electron chi connectivity index (χ4n) is 1.54. The van der Waals surface area contributed by atoms with Crippen molar-refractivity contribution in [2.75, 3.05) is 0 Å². The fourth-order valence-corrected chi connectivity index (χ4v) is 2.78. The van der Waals surface area contributed by atoms with E-state index in [1.807, 2.05) is 12.3 Å². The second kappa shape index (κ2) is 5.34. The first kappa shape index (κ1) is 12.8. The van der Waals surface area contributed by atoms with Crippen molar-refractivity contribution in [2.24, 2.45) is 0 Å². The minimum absolute atomic E-state index is 0.324. The Bertz CT molecular complexity index is 507. The number of alkyl halides is 1. The molecule has 1 nitrogen and oxygen atoms in total. The SMILES string of the molecule is Cc1nc(C(Cl)Cc2c(F)cccc2Cl)cs1. The number of benzene rings is 1. The summed E-state index contributed by atoms with van der Waals surface area (Å²) < 4.78 is 13.6. The maximum atomic E-state index is 13.6. The van der Waals surface area contributed by atoms with Crippen LogP contribution in [0.5, 0.6) is 0 Å². The molecule has 5 heteroatoms. The molecular weight excluding hydrogens is 280 g/mol. The van der Waals surface area contributed by atoms with Crippen LogP contribution in [0, 0.1) is 12.7 Å². The first-order valence-electron chi connectivity index (χ1n) is 5.07. The predicted molar refractivity (Wildman–Crippen MR) is 70.6 cm³/mol. The Labute approximate surface area is 113 Å². The summed E-state index contributed by atoms with van der Waals surface area (Å²) in [6, 6.07) is 4.63. The molecule has 90 valence electrons. The first-order chi connectivity index (χ1) is 8.08. The van der Waals surface area contributed by atoms with Crippen LogP contribution in [0.25, 0.3) is 0 Å². The summed E-state index contributed by atoms with van der Waals surface area (Å²) in [6.07, 6.45) is 0.343. The second-order valence-electron chi connectivity index (χ2n) is 3.66. The maximum Gasteiger partial charge on any atom is 0.127 e. The molecule has 2 rings (SSSR count).